The van der Waals surface area contributed by atoms with Crippen molar-refractivity contribution in [2.24, 2.45) is 5.92 Å². The SMILES string of the molecule is Cc1ccc2c(c1)C=C(CNCC1CCN(c3ncc(C(=O)NO)cn3)CC1)C2. The van der Waals surface area contributed by atoms with E-state index in [0.29, 0.717) is 11.9 Å². The third-order valence-electron chi connectivity index (χ3n) is 5.76. The van der Waals surface area contributed by atoms with Crippen molar-refractivity contribution in [3.05, 3.63) is 58.4 Å². The summed E-state index contributed by atoms with van der Waals surface area (Å²) >= 11 is 0. The van der Waals surface area contributed by atoms with Gasteiger partial charge in [0.15, 0.2) is 0 Å². The highest BCUT2D eigenvalue weighted by Gasteiger charge is 2.21. The van der Waals surface area contributed by atoms with E-state index in [1.807, 2.05) is 0 Å². The number of carbonyl (C=O) groups is 1. The van der Waals surface area contributed by atoms with Crippen molar-refractivity contribution in [2.75, 3.05) is 31.1 Å². The molecule has 0 atom stereocenters. The lowest BCUT2D eigenvalue weighted by atomic mass is 9.97. The number of nitrogens with one attached hydrogen (secondary N) is 2. The molecular formula is C22H27N5O2. The van der Waals surface area contributed by atoms with Crippen LogP contribution in [-0.4, -0.2) is 47.3 Å². The van der Waals surface area contributed by atoms with Crippen molar-refractivity contribution in [1.82, 2.24) is 20.8 Å². The summed E-state index contributed by atoms with van der Waals surface area (Å²) in [5.41, 5.74) is 7.42. The van der Waals surface area contributed by atoms with Crippen LogP contribution in [0.3, 0.4) is 0 Å². The summed E-state index contributed by atoms with van der Waals surface area (Å²) in [6.45, 7) is 5.93. The van der Waals surface area contributed by atoms with Crippen LogP contribution >= 0.6 is 0 Å². The van der Waals surface area contributed by atoms with Gasteiger partial charge in [-0.3, -0.25) is 10.0 Å². The number of aromatic nitrogens is 2. The standard InChI is InChI=1S/C22H27N5O2/c1-15-2-3-18-9-17(10-19(18)8-15)12-23-11-16-4-6-27(7-5-16)22-24-13-20(14-25-22)21(28)26-29/h2-3,8,10,13-14,16,23,29H,4-7,9,11-12H2,1H3,(H,26,28). The number of aryl methyl sites for hydroxylation is 1. The van der Waals surface area contributed by atoms with E-state index in [-0.39, 0.29) is 5.56 Å². The first kappa shape index (κ1) is 19.5. The molecule has 7 heteroatoms. The Hall–Kier alpha value is -2.77. The van der Waals surface area contributed by atoms with Crippen LogP contribution in [-0.2, 0) is 6.42 Å². The Bertz CT molecular complexity index is 902. The van der Waals surface area contributed by atoms with Crippen molar-refractivity contribution in [3.63, 3.8) is 0 Å². The highest BCUT2D eigenvalue weighted by Crippen LogP contribution is 2.26. The average Bonchev–Trinajstić information content (AvgIpc) is 3.15. The smallest absolute Gasteiger partial charge is 0.277 e. The minimum absolute atomic E-state index is 0.244. The van der Waals surface area contributed by atoms with E-state index in [1.165, 1.54) is 34.7 Å². The van der Waals surface area contributed by atoms with E-state index < -0.39 is 5.91 Å². The fourth-order valence-electron chi connectivity index (χ4n) is 4.08. The van der Waals surface area contributed by atoms with Crippen molar-refractivity contribution in [3.8, 4) is 0 Å². The zero-order valence-electron chi connectivity index (χ0n) is 16.7. The first-order valence-electron chi connectivity index (χ1n) is 10.1. The van der Waals surface area contributed by atoms with Gasteiger partial charge >= 0.3 is 0 Å². The lowest BCUT2D eigenvalue weighted by molar-refractivity contribution is 0.0705. The minimum atomic E-state index is -0.600. The lowest BCUT2D eigenvalue weighted by Gasteiger charge is -2.32. The van der Waals surface area contributed by atoms with Crippen LogP contribution in [0.4, 0.5) is 5.95 Å². The first-order valence-corrected chi connectivity index (χ1v) is 10.1. The Morgan fingerprint density at radius 1 is 1.24 bits per heavy atom. The second kappa shape index (κ2) is 8.71. The van der Waals surface area contributed by atoms with Gasteiger partial charge in [0.25, 0.3) is 5.91 Å². The van der Waals surface area contributed by atoms with Gasteiger partial charge < -0.3 is 10.2 Å². The van der Waals surface area contributed by atoms with E-state index >= 15 is 0 Å². The zero-order valence-corrected chi connectivity index (χ0v) is 16.7. The van der Waals surface area contributed by atoms with Crippen LogP contribution in [0.2, 0.25) is 0 Å². The second-order valence-corrected chi connectivity index (χ2v) is 7.96. The molecule has 2 aromatic rings. The molecule has 0 saturated carbocycles. The summed E-state index contributed by atoms with van der Waals surface area (Å²) in [5, 5.41) is 12.3. The van der Waals surface area contributed by atoms with Crippen LogP contribution in [0, 0.1) is 12.8 Å². The maximum Gasteiger partial charge on any atom is 0.277 e. The largest absolute Gasteiger partial charge is 0.341 e. The third-order valence-corrected chi connectivity index (χ3v) is 5.76. The fraction of sp³-hybridized carbons (Fsp3) is 0.409. The molecule has 1 aromatic heterocycles. The molecule has 0 bridgehead atoms. The highest BCUT2D eigenvalue weighted by molar-refractivity contribution is 5.92. The second-order valence-electron chi connectivity index (χ2n) is 7.96. The van der Waals surface area contributed by atoms with E-state index in [1.54, 1.807) is 5.48 Å². The quantitative estimate of drug-likeness (QED) is 0.516. The maximum absolute atomic E-state index is 11.4. The van der Waals surface area contributed by atoms with Gasteiger partial charge in [-0.1, -0.05) is 35.4 Å². The number of piperidine rings is 1. The molecule has 29 heavy (non-hydrogen) atoms. The van der Waals surface area contributed by atoms with Gasteiger partial charge in [-0.15, -0.1) is 0 Å². The maximum atomic E-state index is 11.4. The number of anilines is 1. The molecule has 1 aliphatic carbocycles. The van der Waals surface area contributed by atoms with Gasteiger partial charge in [0.05, 0.1) is 5.56 Å². The van der Waals surface area contributed by atoms with Crippen molar-refractivity contribution in [1.29, 1.82) is 0 Å². The van der Waals surface area contributed by atoms with Crippen molar-refractivity contribution >= 4 is 17.9 Å². The van der Waals surface area contributed by atoms with Gasteiger partial charge in [-0.25, -0.2) is 15.4 Å². The van der Waals surface area contributed by atoms with Gasteiger partial charge in [-0.05, 0) is 49.8 Å². The summed E-state index contributed by atoms with van der Waals surface area (Å²) in [4.78, 5) is 22.0. The summed E-state index contributed by atoms with van der Waals surface area (Å²) in [6, 6.07) is 6.70. The molecule has 3 N–H and O–H groups in total. The number of amides is 1. The van der Waals surface area contributed by atoms with Gasteiger partial charge in [0.1, 0.15) is 0 Å². The van der Waals surface area contributed by atoms with Crippen molar-refractivity contribution in [2.45, 2.75) is 26.2 Å². The molecule has 0 spiro atoms. The van der Waals surface area contributed by atoms with Crippen LogP contribution < -0.4 is 15.7 Å². The molecule has 1 saturated heterocycles. The molecule has 0 radical (unpaired) electrons. The predicted octanol–water partition coefficient (Wildman–Crippen LogP) is 2.35. The lowest BCUT2D eigenvalue weighted by Crippen LogP contribution is -2.38. The van der Waals surface area contributed by atoms with E-state index in [0.717, 1.165) is 45.4 Å². The van der Waals surface area contributed by atoms with Crippen LogP contribution in [0.15, 0.2) is 36.2 Å². The highest BCUT2D eigenvalue weighted by atomic mass is 16.5. The van der Waals surface area contributed by atoms with Gasteiger partial charge in [-0.2, -0.15) is 0 Å². The zero-order chi connectivity index (χ0) is 20.2. The molecule has 4 rings (SSSR count). The molecule has 1 aliphatic heterocycles. The number of hydrogen-bond acceptors (Lipinski definition) is 6. The molecule has 7 nitrogen and oxygen atoms in total. The summed E-state index contributed by atoms with van der Waals surface area (Å²) < 4.78 is 0. The average molecular weight is 393 g/mol. The van der Waals surface area contributed by atoms with Crippen molar-refractivity contribution < 1.29 is 10.0 Å². The topological polar surface area (TPSA) is 90.4 Å². The van der Waals surface area contributed by atoms with Gasteiger partial charge in [0.2, 0.25) is 5.95 Å². The number of hydrogen-bond donors (Lipinski definition) is 3. The van der Waals surface area contributed by atoms with E-state index in [2.05, 4.69) is 51.4 Å². The number of rotatable bonds is 6. The third kappa shape index (κ3) is 4.63. The Labute approximate surface area is 170 Å². The number of hydroxylamine groups is 1. The molecule has 152 valence electrons. The summed E-state index contributed by atoms with van der Waals surface area (Å²) in [6.07, 6.45) is 8.45. The Morgan fingerprint density at radius 2 is 2.00 bits per heavy atom. The summed E-state index contributed by atoms with van der Waals surface area (Å²) in [7, 11) is 0. The summed E-state index contributed by atoms with van der Waals surface area (Å²) in [5.74, 6) is 0.685. The molecule has 0 unspecified atom stereocenters. The molecule has 2 heterocycles. The molecule has 2 aliphatic rings. The number of nitrogens with zero attached hydrogens (tertiary/aromatic N) is 3. The fourth-order valence-corrected chi connectivity index (χ4v) is 4.08. The minimum Gasteiger partial charge on any atom is -0.341 e. The van der Waals surface area contributed by atoms with E-state index in [4.69, 9.17) is 5.21 Å². The molecular weight excluding hydrogens is 366 g/mol. The first-order chi connectivity index (χ1) is 14.1. The Kier molecular flexibility index (Phi) is 5.87. The number of benzene rings is 1. The van der Waals surface area contributed by atoms with Crippen LogP contribution in [0.5, 0.6) is 0 Å². The predicted molar refractivity (Wildman–Crippen MR) is 112 cm³/mol. The number of fused-ring (bicyclic) bond motifs is 1. The van der Waals surface area contributed by atoms with Gasteiger partial charge in [0, 0.05) is 32.0 Å². The molecule has 1 fully saturated rings. The Balaban J connectivity index is 1.21. The molecule has 1 amide bonds. The number of carbonyl (C=O) groups excluding carboxylic acids is 1. The molecule has 1 aromatic carbocycles. The van der Waals surface area contributed by atoms with E-state index in [9.17, 15) is 4.79 Å². The Morgan fingerprint density at radius 3 is 2.72 bits per heavy atom. The monoisotopic (exact) mass is 393 g/mol. The van der Waals surface area contributed by atoms with Crippen LogP contribution in [0.25, 0.3) is 6.08 Å². The normalized spacial score (nSPS) is 16.5. The van der Waals surface area contributed by atoms with Crippen LogP contribution in [0.1, 0.15) is 39.9 Å².